The van der Waals surface area contributed by atoms with Crippen molar-refractivity contribution in [2.24, 2.45) is 0 Å². The molecular weight excluding hydrogens is 448 g/mol. The van der Waals surface area contributed by atoms with Crippen molar-refractivity contribution in [3.05, 3.63) is 76.3 Å². The molecule has 1 aromatic carbocycles. The quantitative estimate of drug-likeness (QED) is 0.392. The highest BCUT2D eigenvalue weighted by Gasteiger charge is 2.28. The van der Waals surface area contributed by atoms with Crippen molar-refractivity contribution in [2.45, 2.75) is 25.9 Å². The van der Waals surface area contributed by atoms with Gasteiger partial charge < -0.3 is 14.4 Å². The molecule has 0 N–H and O–H groups in total. The summed E-state index contributed by atoms with van der Waals surface area (Å²) in [5, 5.41) is 7.05. The normalized spacial score (nSPS) is 13.5. The second-order valence-corrected chi connectivity index (χ2v) is 9.33. The number of fused-ring (bicyclic) bond motifs is 1. The summed E-state index contributed by atoms with van der Waals surface area (Å²) in [4.78, 5) is 18.5. The van der Waals surface area contributed by atoms with E-state index in [1.807, 2.05) is 57.4 Å². The molecule has 1 aliphatic rings. The molecular formula is C26H32N4O3S. The number of aromatic nitrogens is 2. The van der Waals surface area contributed by atoms with Gasteiger partial charge in [0.2, 0.25) is 5.91 Å². The maximum atomic E-state index is 13.2. The number of amides is 1. The zero-order chi connectivity index (χ0) is 23.9. The van der Waals surface area contributed by atoms with Gasteiger partial charge in [0.25, 0.3) is 0 Å². The Hall–Kier alpha value is -2.94. The lowest BCUT2D eigenvalue weighted by Crippen LogP contribution is -2.36. The summed E-state index contributed by atoms with van der Waals surface area (Å²) in [6.45, 7) is 7.89. The molecule has 4 rings (SSSR count). The van der Waals surface area contributed by atoms with Crippen LogP contribution in [0.4, 0.5) is 0 Å². The van der Waals surface area contributed by atoms with Crippen LogP contribution in [0, 0.1) is 0 Å². The summed E-state index contributed by atoms with van der Waals surface area (Å²) in [6, 6.07) is 11.9. The number of carbonyl (C=O) groups is 1. The van der Waals surface area contributed by atoms with E-state index in [0.717, 1.165) is 48.1 Å². The third kappa shape index (κ3) is 5.41. The van der Waals surface area contributed by atoms with Gasteiger partial charge in [-0.2, -0.15) is 5.10 Å². The molecule has 34 heavy (non-hydrogen) atoms. The number of rotatable bonds is 11. The van der Waals surface area contributed by atoms with E-state index in [9.17, 15) is 4.79 Å². The van der Waals surface area contributed by atoms with Crippen LogP contribution >= 0.6 is 11.3 Å². The van der Waals surface area contributed by atoms with E-state index in [1.165, 1.54) is 11.3 Å². The molecule has 0 fully saturated rings. The molecule has 2 aromatic heterocycles. The van der Waals surface area contributed by atoms with Crippen LogP contribution in [0.3, 0.4) is 0 Å². The fourth-order valence-corrected chi connectivity index (χ4v) is 5.06. The fraction of sp³-hybridized carbons (Fsp3) is 0.385. The largest absolute Gasteiger partial charge is 0.494 e. The molecule has 7 nitrogen and oxygen atoms in total. The minimum absolute atomic E-state index is 0.0823. The van der Waals surface area contributed by atoms with Crippen LogP contribution in [0.5, 0.6) is 5.75 Å². The molecule has 180 valence electrons. The average molecular weight is 481 g/mol. The number of para-hydroxylation sites is 2. The first kappa shape index (κ1) is 24.2. The SMILES string of the molecule is C=CCN1CCc2c(c(CN(CCOC)C(=O)Cc3cccs3)nn2-c2ccccc2OC)C1. The van der Waals surface area contributed by atoms with Crippen LogP contribution in [-0.4, -0.2) is 65.9 Å². The lowest BCUT2D eigenvalue weighted by molar-refractivity contribution is -0.131. The van der Waals surface area contributed by atoms with Gasteiger partial charge in [0.1, 0.15) is 11.4 Å². The lowest BCUT2D eigenvalue weighted by Gasteiger charge is -2.27. The summed E-state index contributed by atoms with van der Waals surface area (Å²) in [5.74, 6) is 0.858. The summed E-state index contributed by atoms with van der Waals surface area (Å²) < 4.78 is 12.9. The summed E-state index contributed by atoms with van der Waals surface area (Å²) in [5.41, 5.74) is 4.20. The van der Waals surface area contributed by atoms with Crippen LogP contribution in [0.15, 0.2) is 54.4 Å². The predicted octanol–water partition coefficient (Wildman–Crippen LogP) is 3.70. The number of hydrogen-bond acceptors (Lipinski definition) is 6. The molecule has 1 aliphatic heterocycles. The first-order chi connectivity index (χ1) is 16.6. The molecule has 0 radical (unpaired) electrons. The van der Waals surface area contributed by atoms with Crippen molar-refractivity contribution in [2.75, 3.05) is 40.5 Å². The van der Waals surface area contributed by atoms with Gasteiger partial charge in [0.05, 0.1) is 38.1 Å². The molecule has 0 saturated carbocycles. The van der Waals surface area contributed by atoms with Gasteiger partial charge in [-0.05, 0) is 23.6 Å². The zero-order valence-corrected chi connectivity index (χ0v) is 20.7. The first-order valence-electron chi connectivity index (χ1n) is 11.5. The Morgan fingerprint density at radius 2 is 2.12 bits per heavy atom. The first-order valence-corrected chi connectivity index (χ1v) is 12.4. The standard InChI is InChI=1S/C26H32N4O3S/c1-4-12-28-13-11-23-21(18-28)22(27-30(23)24-9-5-6-10-25(24)33-3)19-29(14-15-32-2)26(31)17-20-8-7-16-34-20/h4-10,16H,1,11-15,17-19H2,2-3H3. The van der Waals surface area contributed by atoms with Crippen molar-refractivity contribution >= 4 is 17.2 Å². The van der Waals surface area contributed by atoms with Gasteiger partial charge in [0.15, 0.2) is 0 Å². The van der Waals surface area contributed by atoms with Crippen LogP contribution in [0.1, 0.15) is 21.8 Å². The predicted molar refractivity (Wildman–Crippen MR) is 135 cm³/mol. The molecule has 0 atom stereocenters. The monoisotopic (exact) mass is 480 g/mol. The van der Waals surface area contributed by atoms with E-state index in [1.54, 1.807) is 25.6 Å². The van der Waals surface area contributed by atoms with Crippen LogP contribution in [0.25, 0.3) is 5.69 Å². The Morgan fingerprint density at radius 1 is 1.26 bits per heavy atom. The molecule has 0 aliphatic carbocycles. The molecule has 3 heterocycles. The molecule has 8 heteroatoms. The number of methoxy groups -OCH3 is 2. The van der Waals surface area contributed by atoms with E-state index in [2.05, 4.69) is 11.5 Å². The third-order valence-corrected chi connectivity index (χ3v) is 6.96. The van der Waals surface area contributed by atoms with Crippen molar-refractivity contribution in [3.63, 3.8) is 0 Å². The minimum atomic E-state index is 0.0823. The topological polar surface area (TPSA) is 59.8 Å². The maximum absolute atomic E-state index is 13.2. The number of thiophene rings is 1. The second-order valence-electron chi connectivity index (χ2n) is 8.29. The summed E-state index contributed by atoms with van der Waals surface area (Å²) in [6.07, 6.45) is 3.19. The Labute approximate surface area is 205 Å². The molecule has 0 unspecified atom stereocenters. The zero-order valence-electron chi connectivity index (χ0n) is 19.9. The van der Waals surface area contributed by atoms with Crippen molar-refractivity contribution in [1.29, 1.82) is 0 Å². The number of ether oxygens (including phenoxy) is 2. The van der Waals surface area contributed by atoms with Crippen molar-refractivity contribution < 1.29 is 14.3 Å². The number of benzene rings is 1. The summed E-state index contributed by atoms with van der Waals surface area (Å²) in [7, 11) is 3.34. The Bertz CT molecular complexity index is 1110. The van der Waals surface area contributed by atoms with Gasteiger partial charge in [-0.1, -0.05) is 24.3 Å². The van der Waals surface area contributed by atoms with Gasteiger partial charge >= 0.3 is 0 Å². The highest BCUT2D eigenvalue weighted by molar-refractivity contribution is 7.10. The van der Waals surface area contributed by atoms with E-state index in [-0.39, 0.29) is 5.91 Å². The summed E-state index contributed by atoms with van der Waals surface area (Å²) >= 11 is 1.60. The Balaban J connectivity index is 1.69. The van der Waals surface area contributed by atoms with E-state index >= 15 is 0 Å². The van der Waals surface area contributed by atoms with E-state index in [4.69, 9.17) is 14.6 Å². The van der Waals surface area contributed by atoms with E-state index < -0.39 is 0 Å². The second kappa shape index (κ2) is 11.5. The van der Waals surface area contributed by atoms with Crippen LogP contribution < -0.4 is 4.74 Å². The number of hydrogen-bond donors (Lipinski definition) is 0. The number of carbonyl (C=O) groups excluding carboxylic acids is 1. The van der Waals surface area contributed by atoms with Gasteiger partial charge in [-0.15, -0.1) is 17.9 Å². The fourth-order valence-electron chi connectivity index (χ4n) is 4.36. The highest BCUT2D eigenvalue weighted by atomic mass is 32.1. The lowest BCUT2D eigenvalue weighted by atomic mass is 10.0. The maximum Gasteiger partial charge on any atom is 0.228 e. The van der Waals surface area contributed by atoms with Crippen molar-refractivity contribution in [1.82, 2.24) is 19.6 Å². The average Bonchev–Trinajstić information content (AvgIpc) is 3.49. The van der Waals surface area contributed by atoms with Gasteiger partial charge in [-0.3, -0.25) is 9.69 Å². The van der Waals surface area contributed by atoms with Crippen LogP contribution in [0.2, 0.25) is 0 Å². The molecule has 0 spiro atoms. The highest BCUT2D eigenvalue weighted by Crippen LogP contribution is 2.30. The Morgan fingerprint density at radius 3 is 2.85 bits per heavy atom. The third-order valence-electron chi connectivity index (χ3n) is 6.08. The van der Waals surface area contributed by atoms with Gasteiger partial charge in [0, 0.05) is 50.2 Å². The van der Waals surface area contributed by atoms with Crippen molar-refractivity contribution in [3.8, 4) is 11.4 Å². The minimum Gasteiger partial charge on any atom is -0.494 e. The van der Waals surface area contributed by atoms with E-state index in [0.29, 0.717) is 26.1 Å². The van der Waals surface area contributed by atoms with Crippen LogP contribution in [-0.2, 0) is 35.5 Å². The molecule has 3 aromatic rings. The number of nitrogens with zero attached hydrogens (tertiary/aromatic N) is 4. The molecule has 0 bridgehead atoms. The molecule has 1 amide bonds. The Kier molecular flexibility index (Phi) is 8.16. The van der Waals surface area contributed by atoms with Gasteiger partial charge in [-0.25, -0.2) is 4.68 Å². The smallest absolute Gasteiger partial charge is 0.228 e. The molecule has 0 saturated heterocycles.